The minimum Gasteiger partial charge on any atom is -0.385 e. The van der Waals surface area contributed by atoms with Gasteiger partial charge >= 0.3 is 0 Å². The molecule has 1 rings (SSSR count). The number of aryl methyl sites for hydroxylation is 1. The van der Waals surface area contributed by atoms with Gasteiger partial charge in [0.25, 0.3) is 0 Å². The molecule has 1 atom stereocenters. The Morgan fingerprint density at radius 2 is 1.78 bits per heavy atom. The first-order valence-electron chi connectivity index (χ1n) is 6.11. The van der Waals surface area contributed by atoms with E-state index in [2.05, 4.69) is 0 Å². The van der Waals surface area contributed by atoms with Crippen molar-refractivity contribution in [3.8, 4) is 0 Å². The molecule has 1 aromatic carbocycles. The molecule has 1 unspecified atom stereocenters. The van der Waals surface area contributed by atoms with E-state index >= 15 is 0 Å². The lowest BCUT2D eigenvalue weighted by Crippen LogP contribution is -2.37. The predicted molar refractivity (Wildman–Crippen MR) is 66.4 cm³/mol. The maximum absolute atomic E-state index is 13.9. The molecule has 0 amide bonds. The van der Waals surface area contributed by atoms with Crippen LogP contribution in [0.4, 0.5) is 8.78 Å². The van der Waals surface area contributed by atoms with Gasteiger partial charge in [0.2, 0.25) is 0 Å². The summed E-state index contributed by atoms with van der Waals surface area (Å²) < 4.78 is 32.7. The van der Waals surface area contributed by atoms with Gasteiger partial charge in [-0.3, -0.25) is 0 Å². The molecule has 0 aliphatic carbocycles. The quantitative estimate of drug-likeness (QED) is 0.875. The fourth-order valence-electron chi connectivity index (χ4n) is 2.19. The topological polar surface area (TPSA) is 29.5 Å². The van der Waals surface area contributed by atoms with Crippen LogP contribution in [0.3, 0.4) is 0 Å². The highest BCUT2D eigenvalue weighted by molar-refractivity contribution is 5.28. The molecule has 0 radical (unpaired) electrons. The van der Waals surface area contributed by atoms with Crippen molar-refractivity contribution < 1.29 is 18.6 Å². The summed E-state index contributed by atoms with van der Waals surface area (Å²) in [4.78, 5) is 0. The Morgan fingerprint density at radius 3 is 2.22 bits per heavy atom. The smallest absolute Gasteiger partial charge is 0.164 e. The molecule has 18 heavy (non-hydrogen) atoms. The van der Waals surface area contributed by atoms with Crippen LogP contribution >= 0.6 is 0 Å². The van der Waals surface area contributed by atoms with Gasteiger partial charge in [-0.2, -0.15) is 0 Å². The molecule has 0 saturated heterocycles. The average molecular weight is 258 g/mol. The molecule has 0 aromatic heterocycles. The highest BCUT2D eigenvalue weighted by Gasteiger charge is 2.37. The van der Waals surface area contributed by atoms with Crippen molar-refractivity contribution >= 4 is 0 Å². The zero-order valence-electron chi connectivity index (χ0n) is 11.3. The van der Waals surface area contributed by atoms with Gasteiger partial charge in [-0.1, -0.05) is 26.0 Å². The van der Waals surface area contributed by atoms with E-state index in [9.17, 15) is 13.9 Å². The second-order valence-corrected chi connectivity index (χ2v) is 4.48. The Bertz CT molecular complexity index is 406. The standard InChI is InChI=1S/C14H20F2O2/c1-5-14(6-2,18-4)13(17)10-8-7-9(3)11(15)12(10)16/h7-8,13,17H,5-6H2,1-4H3. The molecule has 0 fully saturated rings. The lowest BCUT2D eigenvalue weighted by Gasteiger charge is -2.35. The lowest BCUT2D eigenvalue weighted by atomic mass is 9.85. The van der Waals surface area contributed by atoms with Crippen molar-refractivity contribution in [1.29, 1.82) is 0 Å². The van der Waals surface area contributed by atoms with Gasteiger partial charge < -0.3 is 9.84 Å². The van der Waals surface area contributed by atoms with E-state index in [0.29, 0.717) is 12.8 Å². The zero-order valence-corrected chi connectivity index (χ0v) is 11.3. The van der Waals surface area contributed by atoms with Crippen molar-refractivity contribution in [2.24, 2.45) is 0 Å². The number of aliphatic hydroxyl groups excluding tert-OH is 1. The van der Waals surface area contributed by atoms with Crippen LogP contribution in [0.2, 0.25) is 0 Å². The van der Waals surface area contributed by atoms with Gasteiger partial charge in [0, 0.05) is 12.7 Å². The van der Waals surface area contributed by atoms with Crippen LogP contribution in [-0.4, -0.2) is 17.8 Å². The summed E-state index contributed by atoms with van der Waals surface area (Å²) in [7, 11) is 1.47. The van der Waals surface area contributed by atoms with E-state index in [1.807, 2.05) is 13.8 Å². The molecule has 0 aliphatic rings. The van der Waals surface area contributed by atoms with Gasteiger partial charge in [-0.05, 0) is 25.3 Å². The minimum atomic E-state index is -1.19. The third kappa shape index (κ3) is 2.40. The maximum Gasteiger partial charge on any atom is 0.164 e. The number of hydrogen-bond donors (Lipinski definition) is 1. The van der Waals surface area contributed by atoms with Crippen molar-refractivity contribution in [2.75, 3.05) is 7.11 Å². The molecular weight excluding hydrogens is 238 g/mol. The normalized spacial score (nSPS) is 13.7. The molecule has 4 heteroatoms. The van der Waals surface area contributed by atoms with Crippen molar-refractivity contribution in [3.05, 3.63) is 34.9 Å². The summed E-state index contributed by atoms with van der Waals surface area (Å²) in [6.07, 6.45) is -0.167. The number of halogens is 2. The highest BCUT2D eigenvalue weighted by Crippen LogP contribution is 2.36. The summed E-state index contributed by atoms with van der Waals surface area (Å²) in [5.74, 6) is -1.91. The number of aliphatic hydroxyl groups is 1. The Kier molecular flexibility index (Phi) is 4.82. The molecule has 2 nitrogen and oxygen atoms in total. The largest absolute Gasteiger partial charge is 0.385 e. The van der Waals surface area contributed by atoms with Crippen LogP contribution in [0.1, 0.15) is 43.9 Å². The Balaban J connectivity index is 3.25. The van der Waals surface area contributed by atoms with Crippen LogP contribution < -0.4 is 0 Å². The first-order chi connectivity index (χ1) is 8.43. The first kappa shape index (κ1) is 15.1. The molecule has 102 valence electrons. The third-order valence-electron chi connectivity index (χ3n) is 3.70. The van der Waals surface area contributed by atoms with Crippen LogP contribution in [-0.2, 0) is 4.74 Å². The molecule has 0 spiro atoms. The van der Waals surface area contributed by atoms with E-state index < -0.39 is 23.3 Å². The molecule has 0 saturated carbocycles. The van der Waals surface area contributed by atoms with Gasteiger partial charge in [-0.25, -0.2) is 8.78 Å². The van der Waals surface area contributed by atoms with Gasteiger partial charge in [0.05, 0.1) is 5.60 Å². The van der Waals surface area contributed by atoms with Crippen molar-refractivity contribution in [3.63, 3.8) is 0 Å². The van der Waals surface area contributed by atoms with Crippen LogP contribution in [0.25, 0.3) is 0 Å². The number of benzene rings is 1. The zero-order chi connectivity index (χ0) is 13.9. The van der Waals surface area contributed by atoms with Gasteiger partial charge in [-0.15, -0.1) is 0 Å². The third-order valence-corrected chi connectivity index (χ3v) is 3.70. The Morgan fingerprint density at radius 1 is 1.22 bits per heavy atom. The summed E-state index contributed by atoms with van der Waals surface area (Å²) >= 11 is 0. The average Bonchev–Trinajstić information content (AvgIpc) is 2.39. The summed E-state index contributed by atoms with van der Waals surface area (Å²) in [5.41, 5.74) is -0.717. The second kappa shape index (κ2) is 5.76. The maximum atomic E-state index is 13.9. The molecule has 0 bridgehead atoms. The molecule has 1 aromatic rings. The van der Waals surface area contributed by atoms with Crippen molar-refractivity contribution in [2.45, 2.75) is 45.3 Å². The second-order valence-electron chi connectivity index (χ2n) is 4.48. The fraction of sp³-hybridized carbons (Fsp3) is 0.571. The van der Waals surface area contributed by atoms with E-state index in [0.717, 1.165) is 0 Å². The minimum absolute atomic E-state index is 0.0522. The summed E-state index contributed by atoms with van der Waals surface area (Å²) in [5, 5.41) is 10.3. The lowest BCUT2D eigenvalue weighted by molar-refractivity contribution is -0.111. The number of rotatable bonds is 5. The van der Waals surface area contributed by atoms with E-state index in [1.165, 1.54) is 26.2 Å². The predicted octanol–water partition coefficient (Wildman–Crippen LogP) is 3.51. The van der Waals surface area contributed by atoms with E-state index in [4.69, 9.17) is 4.74 Å². The number of methoxy groups -OCH3 is 1. The molecule has 1 N–H and O–H groups in total. The van der Waals surface area contributed by atoms with Crippen LogP contribution in [0.5, 0.6) is 0 Å². The first-order valence-corrected chi connectivity index (χ1v) is 6.11. The monoisotopic (exact) mass is 258 g/mol. The fourth-order valence-corrected chi connectivity index (χ4v) is 2.19. The van der Waals surface area contributed by atoms with Gasteiger partial charge in [0.15, 0.2) is 11.6 Å². The van der Waals surface area contributed by atoms with Crippen molar-refractivity contribution in [1.82, 2.24) is 0 Å². The Hall–Kier alpha value is -1.00. The molecular formula is C14H20F2O2. The number of hydrogen-bond acceptors (Lipinski definition) is 2. The number of ether oxygens (including phenoxy) is 1. The molecule has 0 heterocycles. The molecule has 0 aliphatic heterocycles. The summed E-state index contributed by atoms with van der Waals surface area (Å²) in [6, 6.07) is 2.88. The SMILES string of the molecule is CCC(CC)(OC)C(O)c1ccc(C)c(F)c1F. The summed E-state index contributed by atoms with van der Waals surface area (Å²) in [6.45, 7) is 5.18. The van der Waals surface area contributed by atoms with Crippen LogP contribution in [0, 0.1) is 18.6 Å². The van der Waals surface area contributed by atoms with E-state index in [-0.39, 0.29) is 11.1 Å². The highest BCUT2D eigenvalue weighted by atomic mass is 19.2. The van der Waals surface area contributed by atoms with E-state index in [1.54, 1.807) is 0 Å². The van der Waals surface area contributed by atoms with Gasteiger partial charge in [0.1, 0.15) is 6.10 Å². The van der Waals surface area contributed by atoms with Crippen LogP contribution in [0.15, 0.2) is 12.1 Å². The Labute approximate surface area is 107 Å².